The van der Waals surface area contributed by atoms with Crippen LogP contribution >= 0.6 is 0 Å². The zero-order valence-electron chi connectivity index (χ0n) is 26.3. The first-order chi connectivity index (χ1) is 22.5. The van der Waals surface area contributed by atoms with Crippen LogP contribution in [0, 0.1) is 11.3 Å². The molecule has 2 aromatic carbocycles. The van der Waals surface area contributed by atoms with Gasteiger partial charge in [0.15, 0.2) is 0 Å². The summed E-state index contributed by atoms with van der Waals surface area (Å²) in [6, 6.07) is 10.3. The Bertz CT molecular complexity index is 1960. The normalized spacial score (nSPS) is 17.9. The Labute approximate surface area is 273 Å². The molecule has 1 saturated heterocycles. The number of fused-ring (bicyclic) bond motifs is 1. The fraction of sp³-hybridized carbons (Fsp3) is 0.367. The van der Waals surface area contributed by atoms with Crippen LogP contribution in [0.2, 0.25) is 0 Å². The number of ether oxygens (including phenoxy) is 1. The Morgan fingerprint density at radius 2 is 1.88 bits per heavy atom. The van der Waals surface area contributed by atoms with E-state index >= 15 is 0 Å². The molecule has 1 aromatic heterocycles. The van der Waals surface area contributed by atoms with Gasteiger partial charge in [-0.05, 0) is 42.8 Å². The molecule has 5 rings (SSSR count). The first kappa shape index (κ1) is 35.9. The van der Waals surface area contributed by atoms with Gasteiger partial charge in [-0.1, -0.05) is 12.1 Å². The number of likely N-dealkylation sites (N-methyl/N-ethyl adjacent to an activating group) is 1. The third-order valence-corrected chi connectivity index (χ3v) is 9.65. The quantitative estimate of drug-likeness (QED) is 0.224. The van der Waals surface area contributed by atoms with E-state index in [0.717, 1.165) is 25.5 Å². The van der Waals surface area contributed by atoms with Gasteiger partial charge in [0, 0.05) is 23.4 Å². The Kier molecular flexibility index (Phi) is 10.2. The number of anilines is 2. The van der Waals surface area contributed by atoms with Gasteiger partial charge in [0.05, 0.1) is 69.4 Å². The van der Waals surface area contributed by atoms with Crippen molar-refractivity contribution in [1.29, 1.82) is 5.26 Å². The number of nitrogens with one attached hydrogen (secondary N) is 1. The van der Waals surface area contributed by atoms with Crippen molar-refractivity contribution in [2.45, 2.75) is 25.7 Å². The van der Waals surface area contributed by atoms with Crippen LogP contribution in [0.15, 0.2) is 58.5 Å². The number of carboxylic acid groups (broad SMARTS) is 1. The molecule has 3 heterocycles. The Balaban J connectivity index is 0.00000167. The number of hydrogen-bond donors (Lipinski definition) is 1. The van der Waals surface area contributed by atoms with Crippen LogP contribution in [0.25, 0.3) is 0 Å². The Hall–Kier alpha value is -4.99. The maximum Gasteiger partial charge on any atom is 0.416 e. The number of carbonyl (C=O) groups excluding carboxylic acids is 2. The molecule has 0 amide bonds. The van der Waals surface area contributed by atoms with Crippen LogP contribution in [0.4, 0.5) is 24.8 Å². The maximum absolute atomic E-state index is 13.6. The van der Waals surface area contributed by atoms with Crippen molar-refractivity contribution in [3.8, 4) is 6.07 Å². The highest BCUT2D eigenvalue weighted by molar-refractivity contribution is 7.88. The molecule has 3 aromatic rings. The number of aromatic nitrogens is 3. The number of methoxy groups -OCH3 is 1. The van der Waals surface area contributed by atoms with Gasteiger partial charge in [-0.15, -0.1) is 5.10 Å². The van der Waals surface area contributed by atoms with E-state index < -0.39 is 45.9 Å². The van der Waals surface area contributed by atoms with E-state index in [1.54, 1.807) is 18.2 Å². The molecular weight excluding hydrogens is 659 g/mol. The number of carbonyl (C=O) groups is 2. The van der Waals surface area contributed by atoms with Gasteiger partial charge < -0.3 is 19.1 Å². The molecule has 2 aliphatic rings. The van der Waals surface area contributed by atoms with E-state index in [2.05, 4.69) is 16.3 Å². The van der Waals surface area contributed by atoms with Crippen molar-refractivity contribution in [1.82, 2.24) is 19.1 Å². The summed E-state index contributed by atoms with van der Waals surface area (Å²) in [4.78, 5) is 36.4. The van der Waals surface area contributed by atoms with Crippen LogP contribution in [0.5, 0.6) is 0 Å². The lowest BCUT2D eigenvalue weighted by Gasteiger charge is -2.42. The number of piperazine rings is 1. The topological polar surface area (TPSA) is 182 Å². The van der Waals surface area contributed by atoms with Gasteiger partial charge in [0.2, 0.25) is 16.0 Å². The second-order valence-corrected chi connectivity index (χ2v) is 13.5. The number of aromatic amines is 1. The number of allylic oxidation sites excluding steroid dienone is 1. The molecule has 48 heavy (non-hydrogen) atoms. The fourth-order valence-electron chi connectivity index (χ4n) is 5.99. The number of sulfonamides is 1. The summed E-state index contributed by atoms with van der Waals surface area (Å²) < 4.78 is 73.3. The highest BCUT2D eigenvalue weighted by Crippen LogP contribution is 2.44. The number of nitriles is 1. The summed E-state index contributed by atoms with van der Waals surface area (Å²) in [5, 5.41) is 24.5. The first-order valence-corrected chi connectivity index (χ1v) is 16.1. The van der Waals surface area contributed by atoms with Crippen molar-refractivity contribution >= 4 is 34.1 Å². The highest BCUT2D eigenvalue weighted by atomic mass is 32.2. The second-order valence-electron chi connectivity index (χ2n) is 11.5. The van der Waals surface area contributed by atoms with Crippen LogP contribution < -0.4 is 15.7 Å². The molecular formula is C30H32F3N7O7S. The van der Waals surface area contributed by atoms with Crippen molar-refractivity contribution < 1.29 is 45.5 Å². The summed E-state index contributed by atoms with van der Waals surface area (Å²) in [5.41, 5.74) is -0.0284. The van der Waals surface area contributed by atoms with Crippen LogP contribution in [0.3, 0.4) is 0 Å². The number of H-pyrrole nitrogens is 1. The monoisotopic (exact) mass is 691 g/mol. The average molecular weight is 692 g/mol. The lowest BCUT2D eigenvalue weighted by atomic mass is 9.89. The SMILES string of the molecule is COC(=O)C1=C(C)N(c2cccc(C(F)(F)F)c2)c2n[nH]c(=O)n2C1c1ccc(C#N)cc1C[N+]1(C)CCN(S(C)(=O)=O)CC1.O=C[O-]. The van der Waals surface area contributed by atoms with Gasteiger partial charge in [-0.2, -0.15) is 22.7 Å². The molecule has 14 nitrogen and oxygen atoms in total. The molecule has 1 fully saturated rings. The van der Waals surface area contributed by atoms with Crippen molar-refractivity contribution in [2.75, 3.05) is 51.5 Å². The lowest BCUT2D eigenvalue weighted by Crippen LogP contribution is -2.57. The summed E-state index contributed by atoms with van der Waals surface area (Å²) in [7, 11) is -0.258. The van der Waals surface area contributed by atoms with Crippen LogP contribution in [-0.2, 0) is 37.1 Å². The summed E-state index contributed by atoms with van der Waals surface area (Å²) in [6.45, 7) is 2.86. The molecule has 18 heteroatoms. The predicted octanol–water partition coefficient (Wildman–Crippen LogP) is 1.24. The third kappa shape index (κ3) is 7.12. The van der Waals surface area contributed by atoms with Crippen molar-refractivity contribution in [3.05, 3.63) is 86.5 Å². The molecule has 256 valence electrons. The molecule has 0 aliphatic carbocycles. The Morgan fingerprint density at radius 1 is 1.23 bits per heavy atom. The molecule has 0 saturated carbocycles. The first-order valence-electron chi connectivity index (χ1n) is 14.3. The standard InChI is InChI=1S/C29H30F3N7O5S.CH2O2/c1-18-24(26(40)44-3)25(38-27(34-35-28(38)41)37(18)22-7-5-6-21(15-22)29(30,31)32)23-9-8-19(16-33)14-20(23)17-39(2)12-10-36(11-13-39)45(4,42)43;2-1-3/h5-9,14-15,25H,10-13,17H2,1-4H3;1H,(H,2,3). The molecule has 1 atom stereocenters. The predicted molar refractivity (Wildman–Crippen MR) is 163 cm³/mol. The molecule has 0 bridgehead atoms. The largest absolute Gasteiger partial charge is 0.554 e. The lowest BCUT2D eigenvalue weighted by molar-refractivity contribution is -0.925. The number of alkyl halides is 3. The average Bonchev–Trinajstić information content (AvgIpc) is 3.40. The molecule has 0 radical (unpaired) electrons. The molecule has 0 spiro atoms. The van der Waals surface area contributed by atoms with Crippen molar-refractivity contribution in [2.24, 2.45) is 0 Å². The smallest absolute Gasteiger partial charge is 0.416 e. The van der Waals surface area contributed by atoms with E-state index in [1.807, 2.05) is 7.05 Å². The molecule has 2 aliphatic heterocycles. The molecule has 1 N–H and O–H groups in total. The van der Waals surface area contributed by atoms with E-state index in [-0.39, 0.29) is 36.0 Å². The molecule has 1 unspecified atom stereocenters. The minimum absolute atomic E-state index is 0.0126. The summed E-state index contributed by atoms with van der Waals surface area (Å²) in [5.74, 6) is -0.863. The zero-order chi connectivity index (χ0) is 35.6. The number of esters is 1. The minimum atomic E-state index is -4.65. The van der Waals surface area contributed by atoms with E-state index in [1.165, 1.54) is 32.8 Å². The zero-order valence-corrected chi connectivity index (χ0v) is 27.1. The second kappa shape index (κ2) is 13.6. The number of benzene rings is 2. The van der Waals surface area contributed by atoms with E-state index in [4.69, 9.17) is 14.6 Å². The number of rotatable bonds is 6. The van der Waals surface area contributed by atoms with Gasteiger partial charge in [-0.3, -0.25) is 4.90 Å². The Morgan fingerprint density at radius 3 is 2.44 bits per heavy atom. The van der Waals surface area contributed by atoms with Gasteiger partial charge in [0.1, 0.15) is 12.6 Å². The highest BCUT2D eigenvalue weighted by Gasteiger charge is 2.42. The van der Waals surface area contributed by atoms with Crippen LogP contribution in [-0.4, -0.2) is 91.0 Å². The maximum atomic E-state index is 13.6. The summed E-state index contributed by atoms with van der Waals surface area (Å²) in [6.07, 6.45) is -3.49. The number of quaternary nitrogens is 1. The van der Waals surface area contributed by atoms with Crippen LogP contribution in [0.1, 0.15) is 35.2 Å². The van der Waals surface area contributed by atoms with E-state index in [0.29, 0.717) is 40.8 Å². The number of hydrogen-bond acceptors (Lipinski definition) is 10. The minimum Gasteiger partial charge on any atom is -0.554 e. The van der Waals surface area contributed by atoms with Gasteiger partial charge in [-0.25, -0.2) is 27.7 Å². The van der Waals surface area contributed by atoms with Gasteiger partial charge in [0.25, 0.3) is 0 Å². The third-order valence-electron chi connectivity index (χ3n) is 8.35. The fourth-order valence-corrected chi connectivity index (χ4v) is 6.81. The van der Waals surface area contributed by atoms with Crippen molar-refractivity contribution in [3.63, 3.8) is 0 Å². The van der Waals surface area contributed by atoms with Gasteiger partial charge >= 0.3 is 17.8 Å². The number of nitrogens with zero attached hydrogens (tertiary/aromatic N) is 6. The number of halogens is 3. The van der Waals surface area contributed by atoms with E-state index in [9.17, 15) is 36.4 Å². The summed E-state index contributed by atoms with van der Waals surface area (Å²) >= 11 is 0.